The number of pyridine rings is 1. The Balaban J connectivity index is 1.54. The van der Waals surface area contributed by atoms with E-state index in [1.807, 2.05) is 29.4 Å². The molecular weight excluding hydrogens is 286 g/mol. The zero-order valence-corrected chi connectivity index (χ0v) is 12.4. The number of nitrogens with two attached hydrogens (primary N) is 1. The van der Waals surface area contributed by atoms with Crippen LogP contribution in [0.5, 0.6) is 0 Å². The molecule has 1 saturated heterocycles. The predicted octanol–water partition coefficient (Wildman–Crippen LogP) is 1.08. The summed E-state index contributed by atoms with van der Waals surface area (Å²) in [6.07, 6.45) is 3.61. The second kappa shape index (κ2) is 6.19. The lowest BCUT2D eigenvalue weighted by Crippen LogP contribution is -2.48. The molecule has 2 aromatic heterocycles. The molecule has 0 bridgehead atoms. The number of thiazole rings is 1. The number of piperazine rings is 1. The lowest BCUT2D eigenvalue weighted by molar-refractivity contribution is 0.0623. The maximum atomic E-state index is 12.3. The van der Waals surface area contributed by atoms with E-state index in [1.54, 1.807) is 5.38 Å². The molecule has 3 rings (SSSR count). The molecule has 2 N–H and O–H groups in total. The number of rotatable bonds is 3. The first-order chi connectivity index (χ1) is 10.2. The molecule has 6 nitrogen and oxygen atoms in total. The monoisotopic (exact) mass is 303 g/mol. The normalized spacial score (nSPS) is 16.1. The Morgan fingerprint density at radius 1 is 1.24 bits per heavy atom. The summed E-state index contributed by atoms with van der Waals surface area (Å²) in [5.41, 5.74) is 7.28. The Morgan fingerprint density at radius 3 is 2.57 bits per heavy atom. The maximum Gasteiger partial charge on any atom is 0.273 e. The highest BCUT2D eigenvalue weighted by Crippen LogP contribution is 2.15. The molecular formula is C14H17N5OS. The van der Waals surface area contributed by atoms with Gasteiger partial charge in [-0.05, 0) is 17.7 Å². The number of nitrogens with zero attached hydrogens (tertiary/aromatic N) is 4. The van der Waals surface area contributed by atoms with Crippen molar-refractivity contribution in [2.24, 2.45) is 0 Å². The van der Waals surface area contributed by atoms with Gasteiger partial charge in [0.05, 0.1) is 0 Å². The topological polar surface area (TPSA) is 75.3 Å². The number of nitrogen functional groups attached to an aromatic ring is 1. The van der Waals surface area contributed by atoms with Gasteiger partial charge >= 0.3 is 0 Å². The second-order valence-electron chi connectivity index (χ2n) is 4.99. The van der Waals surface area contributed by atoms with E-state index < -0.39 is 0 Å². The highest BCUT2D eigenvalue weighted by Gasteiger charge is 2.23. The van der Waals surface area contributed by atoms with Gasteiger partial charge in [-0.1, -0.05) is 0 Å². The SMILES string of the molecule is Nc1nc(C(=O)N2CCN(Cc3ccncc3)CC2)cs1. The van der Waals surface area contributed by atoms with Gasteiger partial charge in [-0.2, -0.15) is 0 Å². The summed E-state index contributed by atoms with van der Waals surface area (Å²) in [7, 11) is 0. The Hall–Kier alpha value is -1.99. The minimum absolute atomic E-state index is 0.0217. The van der Waals surface area contributed by atoms with E-state index in [0.717, 1.165) is 32.7 Å². The largest absolute Gasteiger partial charge is 0.375 e. The van der Waals surface area contributed by atoms with Crippen molar-refractivity contribution in [1.82, 2.24) is 19.8 Å². The predicted molar refractivity (Wildman–Crippen MR) is 81.9 cm³/mol. The third-order valence-electron chi connectivity index (χ3n) is 3.56. The van der Waals surface area contributed by atoms with Crippen molar-refractivity contribution < 1.29 is 4.79 Å². The van der Waals surface area contributed by atoms with Gasteiger partial charge in [0.25, 0.3) is 5.91 Å². The van der Waals surface area contributed by atoms with Gasteiger partial charge in [-0.15, -0.1) is 11.3 Å². The molecule has 0 saturated carbocycles. The second-order valence-corrected chi connectivity index (χ2v) is 5.88. The highest BCUT2D eigenvalue weighted by atomic mass is 32.1. The van der Waals surface area contributed by atoms with Gasteiger partial charge in [0.15, 0.2) is 5.13 Å². The Morgan fingerprint density at radius 2 is 1.95 bits per heavy atom. The molecule has 3 heterocycles. The summed E-state index contributed by atoms with van der Waals surface area (Å²) in [5.74, 6) is -0.0217. The maximum absolute atomic E-state index is 12.3. The van der Waals surface area contributed by atoms with Crippen LogP contribution >= 0.6 is 11.3 Å². The number of amides is 1. The van der Waals surface area contributed by atoms with Crippen molar-refractivity contribution in [3.05, 3.63) is 41.2 Å². The molecule has 0 radical (unpaired) electrons. The molecule has 0 spiro atoms. The molecule has 1 aliphatic rings. The number of anilines is 1. The molecule has 0 aromatic carbocycles. The highest BCUT2D eigenvalue weighted by molar-refractivity contribution is 7.13. The minimum Gasteiger partial charge on any atom is -0.375 e. The van der Waals surface area contributed by atoms with E-state index in [4.69, 9.17) is 5.73 Å². The average molecular weight is 303 g/mol. The van der Waals surface area contributed by atoms with E-state index in [-0.39, 0.29) is 5.91 Å². The van der Waals surface area contributed by atoms with E-state index in [0.29, 0.717) is 10.8 Å². The molecule has 1 amide bonds. The van der Waals surface area contributed by atoms with Crippen molar-refractivity contribution >= 4 is 22.4 Å². The first kappa shape index (κ1) is 14.0. The van der Waals surface area contributed by atoms with Crippen LogP contribution < -0.4 is 5.73 Å². The summed E-state index contributed by atoms with van der Waals surface area (Å²) < 4.78 is 0. The number of carbonyl (C=O) groups excluding carboxylic acids is 1. The van der Waals surface area contributed by atoms with Crippen molar-refractivity contribution in [2.45, 2.75) is 6.54 Å². The van der Waals surface area contributed by atoms with Gasteiger partial charge < -0.3 is 10.6 Å². The summed E-state index contributed by atoms with van der Waals surface area (Å²) in [4.78, 5) is 24.5. The average Bonchev–Trinajstić information content (AvgIpc) is 2.95. The molecule has 0 unspecified atom stereocenters. The summed E-state index contributed by atoms with van der Waals surface area (Å²) in [6.45, 7) is 4.08. The van der Waals surface area contributed by atoms with Crippen molar-refractivity contribution in [3.63, 3.8) is 0 Å². The Labute approximate surface area is 127 Å². The standard InChI is InChI=1S/C14H17N5OS/c15-14-17-12(10-21-14)13(20)19-7-5-18(6-8-19)9-11-1-3-16-4-2-11/h1-4,10H,5-9H2,(H2,15,17). The summed E-state index contributed by atoms with van der Waals surface area (Å²) in [6, 6.07) is 4.05. The molecule has 7 heteroatoms. The number of carbonyl (C=O) groups is 1. The van der Waals surface area contributed by atoms with Crippen molar-refractivity contribution in [3.8, 4) is 0 Å². The van der Waals surface area contributed by atoms with Gasteiger partial charge in [0, 0.05) is 50.5 Å². The Kier molecular flexibility index (Phi) is 4.12. The molecule has 0 atom stereocenters. The van der Waals surface area contributed by atoms with Crippen LogP contribution in [0.2, 0.25) is 0 Å². The van der Waals surface area contributed by atoms with E-state index in [2.05, 4.69) is 14.9 Å². The van der Waals surface area contributed by atoms with Crippen LogP contribution in [0.25, 0.3) is 0 Å². The summed E-state index contributed by atoms with van der Waals surface area (Å²) >= 11 is 1.30. The van der Waals surface area contributed by atoms with Gasteiger partial charge in [-0.3, -0.25) is 14.7 Å². The van der Waals surface area contributed by atoms with Gasteiger partial charge in [-0.25, -0.2) is 4.98 Å². The van der Waals surface area contributed by atoms with Gasteiger partial charge in [0.1, 0.15) is 5.69 Å². The molecule has 110 valence electrons. The van der Waals surface area contributed by atoms with Crippen LogP contribution in [0, 0.1) is 0 Å². The van der Waals surface area contributed by atoms with E-state index in [1.165, 1.54) is 16.9 Å². The fourth-order valence-corrected chi connectivity index (χ4v) is 2.94. The minimum atomic E-state index is -0.0217. The fourth-order valence-electron chi connectivity index (χ4n) is 2.40. The number of aromatic nitrogens is 2. The van der Waals surface area contributed by atoms with Crippen LogP contribution in [0.1, 0.15) is 16.1 Å². The molecule has 1 fully saturated rings. The van der Waals surface area contributed by atoms with Crippen LogP contribution in [0.15, 0.2) is 29.9 Å². The van der Waals surface area contributed by atoms with Gasteiger partial charge in [0.2, 0.25) is 0 Å². The van der Waals surface area contributed by atoms with Crippen LogP contribution in [0.3, 0.4) is 0 Å². The zero-order chi connectivity index (χ0) is 14.7. The molecule has 0 aliphatic carbocycles. The third kappa shape index (κ3) is 3.37. The first-order valence-corrected chi connectivity index (χ1v) is 7.72. The van der Waals surface area contributed by atoms with Crippen LogP contribution in [-0.2, 0) is 6.54 Å². The fraction of sp³-hybridized carbons (Fsp3) is 0.357. The van der Waals surface area contributed by atoms with Crippen LogP contribution in [0.4, 0.5) is 5.13 Å². The smallest absolute Gasteiger partial charge is 0.273 e. The van der Waals surface area contributed by atoms with Crippen LogP contribution in [-0.4, -0.2) is 51.9 Å². The molecule has 1 aliphatic heterocycles. The van der Waals surface area contributed by atoms with E-state index >= 15 is 0 Å². The zero-order valence-electron chi connectivity index (χ0n) is 11.6. The number of hydrogen-bond donors (Lipinski definition) is 1. The lowest BCUT2D eigenvalue weighted by Gasteiger charge is -2.34. The molecule has 2 aromatic rings. The first-order valence-electron chi connectivity index (χ1n) is 6.84. The van der Waals surface area contributed by atoms with E-state index in [9.17, 15) is 4.79 Å². The van der Waals surface area contributed by atoms with Crippen molar-refractivity contribution in [2.75, 3.05) is 31.9 Å². The lowest BCUT2D eigenvalue weighted by atomic mass is 10.2. The van der Waals surface area contributed by atoms with Crippen molar-refractivity contribution in [1.29, 1.82) is 0 Å². The quantitative estimate of drug-likeness (QED) is 0.918. The summed E-state index contributed by atoms with van der Waals surface area (Å²) in [5, 5.41) is 2.16. The third-order valence-corrected chi connectivity index (χ3v) is 4.23. The Bertz CT molecular complexity index is 607. The molecule has 21 heavy (non-hydrogen) atoms. The number of hydrogen-bond acceptors (Lipinski definition) is 6.